The second-order valence-electron chi connectivity index (χ2n) is 7.49. The van der Waals surface area contributed by atoms with Gasteiger partial charge in [0.2, 0.25) is 0 Å². The van der Waals surface area contributed by atoms with Gasteiger partial charge in [0.1, 0.15) is 0 Å². The van der Waals surface area contributed by atoms with Crippen LogP contribution in [0.5, 0.6) is 0 Å². The maximum atomic E-state index is 3.95. The van der Waals surface area contributed by atoms with Crippen LogP contribution < -0.4 is 5.32 Å². The standard InChI is InChI=1S/C16H31N/c1-12-11-16(3,4)10-9-15(12)17-13(2)14-7-5-6-8-14/h12-15,17H,5-11H2,1-4H3/t12?,13-,15?/m0/s1. The quantitative estimate of drug-likeness (QED) is 0.768. The molecule has 2 fully saturated rings. The molecule has 1 heteroatoms. The minimum atomic E-state index is 0.578. The van der Waals surface area contributed by atoms with Crippen LogP contribution in [0.25, 0.3) is 0 Å². The van der Waals surface area contributed by atoms with Gasteiger partial charge in [0.05, 0.1) is 0 Å². The fourth-order valence-electron chi connectivity index (χ4n) is 4.13. The van der Waals surface area contributed by atoms with Crippen molar-refractivity contribution >= 4 is 0 Å². The lowest BCUT2D eigenvalue weighted by atomic mass is 9.70. The molecule has 0 radical (unpaired) electrons. The highest BCUT2D eigenvalue weighted by molar-refractivity contribution is 4.89. The van der Waals surface area contributed by atoms with Gasteiger partial charge in [0.15, 0.2) is 0 Å². The van der Waals surface area contributed by atoms with Crippen LogP contribution >= 0.6 is 0 Å². The van der Waals surface area contributed by atoms with E-state index < -0.39 is 0 Å². The fraction of sp³-hybridized carbons (Fsp3) is 1.00. The minimum Gasteiger partial charge on any atom is -0.311 e. The molecule has 0 bridgehead atoms. The Bertz CT molecular complexity index is 240. The molecule has 0 aromatic carbocycles. The third-order valence-electron chi connectivity index (χ3n) is 5.28. The average molecular weight is 237 g/mol. The van der Waals surface area contributed by atoms with Gasteiger partial charge in [-0.05, 0) is 56.3 Å². The number of hydrogen-bond donors (Lipinski definition) is 1. The van der Waals surface area contributed by atoms with Gasteiger partial charge in [0.25, 0.3) is 0 Å². The first kappa shape index (κ1) is 13.4. The van der Waals surface area contributed by atoms with Crippen LogP contribution in [0.4, 0.5) is 0 Å². The van der Waals surface area contributed by atoms with Crippen molar-refractivity contribution in [3.63, 3.8) is 0 Å². The van der Waals surface area contributed by atoms with Crippen molar-refractivity contribution in [3.8, 4) is 0 Å². The van der Waals surface area contributed by atoms with Crippen LogP contribution in [0.2, 0.25) is 0 Å². The third-order valence-corrected chi connectivity index (χ3v) is 5.28. The summed E-state index contributed by atoms with van der Waals surface area (Å²) in [4.78, 5) is 0. The van der Waals surface area contributed by atoms with E-state index in [-0.39, 0.29) is 0 Å². The highest BCUT2D eigenvalue weighted by Gasteiger charge is 2.33. The normalized spacial score (nSPS) is 36.0. The topological polar surface area (TPSA) is 12.0 Å². The van der Waals surface area contributed by atoms with Crippen molar-refractivity contribution in [2.75, 3.05) is 0 Å². The van der Waals surface area contributed by atoms with Gasteiger partial charge in [-0.2, -0.15) is 0 Å². The second kappa shape index (κ2) is 5.30. The Morgan fingerprint density at radius 2 is 1.76 bits per heavy atom. The molecular formula is C16H31N. The lowest BCUT2D eigenvalue weighted by Crippen LogP contribution is -2.47. The molecule has 2 unspecified atom stereocenters. The van der Waals surface area contributed by atoms with E-state index in [4.69, 9.17) is 0 Å². The molecule has 0 heterocycles. The average Bonchev–Trinajstić information content (AvgIpc) is 2.74. The van der Waals surface area contributed by atoms with Gasteiger partial charge in [-0.15, -0.1) is 0 Å². The molecule has 1 N–H and O–H groups in total. The van der Waals surface area contributed by atoms with Gasteiger partial charge in [-0.25, -0.2) is 0 Å². The monoisotopic (exact) mass is 237 g/mol. The summed E-state index contributed by atoms with van der Waals surface area (Å²) in [5.41, 5.74) is 0.578. The SMILES string of the molecule is CC1CC(C)(C)CCC1N[C@@H](C)C1CCCC1. The molecule has 0 spiro atoms. The Morgan fingerprint density at radius 1 is 1.12 bits per heavy atom. The van der Waals surface area contributed by atoms with Gasteiger partial charge >= 0.3 is 0 Å². The molecule has 0 aromatic heterocycles. The van der Waals surface area contributed by atoms with E-state index in [2.05, 4.69) is 33.0 Å². The molecule has 0 aromatic rings. The van der Waals surface area contributed by atoms with Crippen molar-refractivity contribution in [1.82, 2.24) is 5.32 Å². The second-order valence-corrected chi connectivity index (χ2v) is 7.49. The zero-order chi connectivity index (χ0) is 12.5. The Kier molecular flexibility index (Phi) is 4.18. The summed E-state index contributed by atoms with van der Waals surface area (Å²) >= 11 is 0. The maximum Gasteiger partial charge on any atom is 0.00956 e. The van der Waals surface area contributed by atoms with Crippen LogP contribution in [-0.2, 0) is 0 Å². The summed E-state index contributed by atoms with van der Waals surface area (Å²) in [5.74, 6) is 1.81. The van der Waals surface area contributed by atoms with Crippen molar-refractivity contribution < 1.29 is 0 Å². The van der Waals surface area contributed by atoms with E-state index in [0.29, 0.717) is 5.41 Å². The van der Waals surface area contributed by atoms with Crippen LogP contribution in [0.15, 0.2) is 0 Å². The summed E-state index contributed by atoms with van der Waals surface area (Å²) in [6.07, 6.45) is 10.0. The summed E-state index contributed by atoms with van der Waals surface area (Å²) in [7, 11) is 0. The molecule has 2 saturated carbocycles. The predicted octanol–water partition coefficient (Wildman–Crippen LogP) is 4.37. The first-order valence-corrected chi connectivity index (χ1v) is 7.74. The number of nitrogens with one attached hydrogen (secondary N) is 1. The van der Waals surface area contributed by atoms with Gasteiger partial charge in [-0.1, -0.05) is 33.6 Å². The molecule has 0 aliphatic heterocycles. The minimum absolute atomic E-state index is 0.578. The van der Waals surface area contributed by atoms with E-state index in [1.807, 2.05) is 0 Å². The first-order valence-electron chi connectivity index (χ1n) is 7.74. The maximum absolute atomic E-state index is 3.95. The van der Waals surface area contributed by atoms with E-state index in [9.17, 15) is 0 Å². The van der Waals surface area contributed by atoms with Crippen molar-refractivity contribution in [2.24, 2.45) is 17.3 Å². The van der Waals surface area contributed by atoms with E-state index >= 15 is 0 Å². The molecule has 0 amide bonds. The molecule has 1 nitrogen and oxygen atoms in total. The van der Waals surface area contributed by atoms with Crippen LogP contribution in [0.3, 0.4) is 0 Å². The Balaban J connectivity index is 1.82. The highest BCUT2D eigenvalue weighted by Crippen LogP contribution is 2.39. The molecule has 17 heavy (non-hydrogen) atoms. The predicted molar refractivity (Wildman–Crippen MR) is 75.1 cm³/mol. The molecule has 2 aliphatic carbocycles. The van der Waals surface area contributed by atoms with Gasteiger partial charge < -0.3 is 5.32 Å². The third kappa shape index (κ3) is 3.47. The molecule has 0 saturated heterocycles. The van der Waals surface area contributed by atoms with Crippen molar-refractivity contribution in [2.45, 2.75) is 84.7 Å². The zero-order valence-corrected chi connectivity index (χ0v) is 12.3. The largest absolute Gasteiger partial charge is 0.311 e. The lowest BCUT2D eigenvalue weighted by Gasteiger charge is -2.41. The van der Waals surface area contributed by atoms with Crippen molar-refractivity contribution in [3.05, 3.63) is 0 Å². The zero-order valence-electron chi connectivity index (χ0n) is 12.3. The Labute approximate surface area is 108 Å². The first-order chi connectivity index (χ1) is 7.98. The van der Waals surface area contributed by atoms with Crippen LogP contribution in [0, 0.1) is 17.3 Å². The molecule has 100 valence electrons. The summed E-state index contributed by atoms with van der Waals surface area (Å²) in [6, 6.07) is 1.52. The summed E-state index contributed by atoms with van der Waals surface area (Å²) in [5, 5.41) is 3.95. The van der Waals surface area contributed by atoms with Crippen molar-refractivity contribution in [1.29, 1.82) is 0 Å². The molecule has 2 aliphatic rings. The molecule has 2 rings (SSSR count). The Morgan fingerprint density at radius 3 is 2.35 bits per heavy atom. The lowest BCUT2D eigenvalue weighted by molar-refractivity contribution is 0.135. The number of hydrogen-bond acceptors (Lipinski definition) is 1. The van der Waals surface area contributed by atoms with E-state index in [1.54, 1.807) is 0 Å². The van der Waals surface area contributed by atoms with Gasteiger partial charge in [0, 0.05) is 12.1 Å². The van der Waals surface area contributed by atoms with E-state index in [0.717, 1.165) is 23.9 Å². The fourth-order valence-corrected chi connectivity index (χ4v) is 4.13. The molecule has 3 atom stereocenters. The molecular weight excluding hydrogens is 206 g/mol. The van der Waals surface area contributed by atoms with Crippen LogP contribution in [0.1, 0.15) is 72.6 Å². The summed E-state index contributed by atoms with van der Waals surface area (Å²) in [6.45, 7) is 9.72. The van der Waals surface area contributed by atoms with E-state index in [1.165, 1.54) is 44.9 Å². The van der Waals surface area contributed by atoms with Crippen LogP contribution in [-0.4, -0.2) is 12.1 Å². The smallest absolute Gasteiger partial charge is 0.00956 e. The number of rotatable bonds is 3. The van der Waals surface area contributed by atoms with Gasteiger partial charge in [-0.3, -0.25) is 0 Å². The highest BCUT2D eigenvalue weighted by atomic mass is 15.0. The Hall–Kier alpha value is -0.0400. The summed E-state index contributed by atoms with van der Waals surface area (Å²) < 4.78 is 0.